The van der Waals surface area contributed by atoms with Gasteiger partial charge in [0.05, 0.1) is 16.8 Å². The van der Waals surface area contributed by atoms with E-state index in [4.69, 9.17) is 4.42 Å². The first-order valence-electron chi connectivity index (χ1n) is 7.72. The summed E-state index contributed by atoms with van der Waals surface area (Å²) >= 11 is 3.62. The summed E-state index contributed by atoms with van der Waals surface area (Å²) in [6, 6.07) is 2.38. The van der Waals surface area contributed by atoms with E-state index in [0.29, 0.717) is 6.04 Å². The van der Waals surface area contributed by atoms with E-state index in [-0.39, 0.29) is 0 Å². The predicted octanol–water partition coefficient (Wildman–Crippen LogP) is 5.30. The Morgan fingerprint density at radius 2 is 2.05 bits per heavy atom. The van der Waals surface area contributed by atoms with E-state index in [2.05, 4.69) is 35.1 Å². The molecule has 0 amide bonds. The SMILES string of the molecule is CCCNC(c1occc1Br)C1CCC(CC)CC1. The van der Waals surface area contributed by atoms with Gasteiger partial charge in [-0.2, -0.15) is 0 Å². The molecule has 2 rings (SSSR count). The van der Waals surface area contributed by atoms with Gasteiger partial charge in [0.2, 0.25) is 0 Å². The van der Waals surface area contributed by atoms with Crippen molar-refractivity contribution in [1.82, 2.24) is 5.32 Å². The number of furan rings is 1. The van der Waals surface area contributed by atoms with Crippen LogP contribution in [0.25, 0.3) is 0 Å². The third-order valence-corrected chi connectivity index (χ3v) is 5.14. The number of hydrogen-bond donors (Lipinski definition) is 1. The van der Waals surface area contributed by atoms with Crippen molar-refractivity contribution < 1.29 is 4.42 Å². The lowest BCUT2D eigenvalue weighted by molar-refractivity contribution is 0.202. The summed E-state index contributed by atoms with van der Waals surface area (Å²) < 4.78 is 6.83. The molecule has 108 valence electrons. The van der Waals surface area contributed by atoms with E-state index < -0.39 is 0 Å². The Balaban J connectivity index is 2.04. The maximum atomic E-state index is 5.72. The summed E-state index contributed by atoms with van der Waals surface area (Å²) in [6.45, 7) is 5.60. The average molecular weight is 328 g/mol. The molecule has 1 aromatic heterocycles. The van der Waals surface area contributed by atoms with Crippen LogP contribution in [0.4, 0.5) is 0 Å². The molecule has 1 aromatic rings. The van der Waals surface area contributed by atoms with Gasteiger partial charge in [0, 0.05) is 0 Å². The Morgan fingerprint density at radius 1 is 1.32 bits per heavy atom. The first-order chi connectivity index (χ1) is 9.26. The van der Waals surface area contributed by atoms with Crippen LogP contribution in [0.5, 0.6) is 0 Å². The molecule has 0 aliphatic heterocycles. The van der Waals surface area contributed by atoms with Crippen molar-refractivity contribution in [3.05, 3.63) is 22.6 Å². The molecule has 1 saturated carbocycles. The lowest BCUT2D eigenvalue weighted by Gasteiger charge is -2.33. The highest BCUT2D eigenvalue weighted by molar-refractivity contribution is 9.10. The fraction of sp³-hybridized carbons (Fsp3) is 0.750. The maximum absolute atomic E-state index is 5.72. The molecule has 3 heteroatoms. The van der Waals surface area contributed by atoms with Crippen molar-refractivity contribution in [2.45, 2.75) is 58.4 Å². The molecule has 2 nitrogen and oxygen atoms in total. The highest BCUT2D eigenvalue weighted by atomic mass is 79.9. The largest absolute Gasteiger partial charge is 0.466 e. The molecule has 1 unspecified atom stereocenters. The summed E-state index contributed by atoms with van der Waals surface area (Å²) in [5.74, 6) is 2.76. The van der Waals surface area contributed by atoms with Crippen LogP contribution in [-0.4, -0.2) is 6.54 Å². The molecule has 1 atom stereocenters. The zero-order chi connectivity index (χ0) is 13.7. The molecule has 0 saturated heterocycles. The molecule has 1 fully saturated rings. The lowest BCUT2D eigenvalue weighted by Crippen LogP contribution is -2.31. The van der Waals surface area contributed by atoms with Crippen LogP contribution in [0, 0.1) is 11.8 Å². The van der Waals surface area contributed by atoms with Crippen LogP contribution in [0.1, 0.15) is 64.2 Å². The second-order valence-corrected chi connectivity index (χ2v) is 6.61. The standard InChI is InChI=1S/C16H26BrNO/c1-3-10-18-15(16-14(17)9-11-19-16)13-7-5-12(4-2)6-8-13/h9,11-13,15,18H,3-8,10H2,1-2H3. The Morgan fingerprint density at radius 3 is 2.58 bits per heavy atom. The van der Waals surface area contributed by atoms with Gasteiger partial charge in [-0.15, -0.1) is 0 Å². The summed E-state index contributed by atoms with van der Waals surface area (Å²) in [5, 5.41) is 3.69. The maximum Gasteiger partial charge on any atom is 0.135 e. The Labute approximate surface area is 125 Å². The van der Waals surface area contributed by atoms with Gasteiger partial charge in [0.25, 0.3) is 0 Å². The van der Waals surface area contributed by atoms with Gasteiger partial charge in [-0.3, -0.25) is 0 Å². The zero-order valence-electron chi connectivity index (χ0n) is 12.1. The lowest BCUT2D eigenvalue weighted by atomic mass is 9.77. The van der Waals surface area contributed by atoms with Crippen LogP contribution >= 0.6 is 15.9 Å². The summed E-state index contributed by atoms with van der Waals surface area (Å²) in [6.07, 6.45) is 9.70. The molecule has 1 aliphatic rings. The molecule has 1 N–H and O–H groups in total. The van der Waals surface area contributed by atoms with E-state index in [1.807, 2.05) is 6.07 Å². The van der Waals surface area contributed by atoms with Crippen LogP contribution in [0.3, 0.4) is 0 Å². The van der Waals surface area contributed by atoms with Crippen LogP contribution in [-0.2, 0) is 0 Å². The molecule has 1 aliphatic carbocycles. The monoisotopic (exact) mass is 327 g/mol. The van der Waals surface area contributed by atoms with Crippen LogP contribution < -0.4 is 5.32 Å². The zero-order valence-corrected chi connectivity index (χ0v) is 13.7. The summed E-state index contributed by atoms with van der Waals surface area (Å²) in [5.41, 5.74) is 0. The summed E-state index contributed by atoms with van der Waals surface area (Å²) in [4.78, 5) is 0. The van der Waals surface area contributed by atoms with E-state index in [0.717, 1.165) is 28.6 Å². The van der Waals surface area contributed by atoms with Gasteiger partial charge in [-0.25, -0.2) is 0 Å². The topological polar surface area (TPSA) is 25.2 Å². The Hall–Kier alpha value is -0.280. The van der Waals surface area contributed by atoms with Gasteiger partial charge in [-0.1, -0.05) is 33.1 Å². The van der Waals surface area contributed by atoms with Gasteiger partial charge in [-0.05, 0) is 59.6 Å². The predicted molar refractivity (Wildman–Crippen MR) is 83.2 cm³/mol. The van der Waals surface area contributed by atoms with Gasteiger partial charge in [0.1, 0.15) is 5.76 Å². The van der Waals surface area contributed by atoms with Crippen molar-refractivity contribution in [2.24, 2.45) is 11.8 Å². The molecule has 0 spiro atoms. The minimum absolute atomic E-state index is 0.377. The van der Waals surface area contributed by atoms with Crippen LogP contribution in [0.15, 0.2) is 21.2 Å². The Bertz CT molecular complexity index is 369. The number of nitrogens with one attached hydrogen (secondary N) is 1. The highest BCUT2D eigenvalue weighted by Crippen LogP contribution is 2.40. The van der Waals surface area contributed by atoms with Crippen molar-refractivity contribution >= 4 is 15.9 Å². The minimum atomic E-state index is 0.377. The van der Waals surface area contributed by atoms with E-state index >= 15 is 0 Å². The molecule has 1 heterocycles. The molecule has 0 radical (unpaired) electrons. The van der Waals surface area contributed by atoms with Crippen molar-refractivity contribution in [2.75, 3.05) is 6.54 Å². The Kier molecular flexibility index (Phi) is 5.96. The third kappa shape index (κ3) is 3.85. The van der Waals surface area contributed by atoms with Gasteiger partial charge < -0.3 is 9.73 Å². The smallest absolute Gasteiger partial charge is 0.135 e. The number of halogens is 1. The van der Waals surface area contributed by atoms with Gasteiger partial charge in [0.15, 0.2) is 0 Å². The van der Waals surface area contributed by atoms with Crippen molar-refractivity contribution in [3.8, 4) is 0 Å². The van der Waals surface area contributed by atoms with Gasteiger partial charge >= 0.3 is 0 Å². The van der Waals surface area contributed by atoms with Crippen LogP contribution in [0.2, 0.25) is 0 Å². The number of rotatable bonds is 6. The first kappa shape index (κ1) is 15.1. The second-order valence-electron chi connectivity index (χ2n) is 5.75. The molecule has 19 heavy (non-hydrogen) atoms. The normalized spacial score (nSPS) is 25.4. The quantitative estimate of drug-likeness (QED) is 0.766. The van der Waals surface area contributed by atoms with E-state index in [1.165, 1.54) is 38.5 Å². The van der Waals surface area contributed by atoms with Crippen molar-refractivity contribution in [1.29, 1.82) is 0 Å². The van der Waals surface area contributed by atoms with Crippen molar-refractivity contribution in [3.63, 3.8) is 0 Å². The summed E-state index contributed by atoms with van der Waals surface area (Å²) in [7, 11) is 0. The molecular weight excluding hydrogens is 302 g/mol. The first-order valence-corrected chi connectivity index (χ1v) is 8.51. The molecule has 0 bridgehead atoms. The average Bonchev–Trinajstić information content (AvgIpc) is 2.86. The third-order valence-electron chi connectivity index (χ3n) is 4.48. The number of hydrogen-bond acceptors (Lipinski definition) is 2. The second kappa shape index (κ2) is 7.49. The van der Waals surface area contributed by atoms with E-state index in [1.54, 1.807) is 6.26 Å². The fourth-order valence-electron chi connectivity index (χ4n) is 3.23. The fourth-order valence-corrected chi connectivity index (χ4v) is 3.68. The molecular formula is C16H26BrNO. The molecule has 0 aromatic carbocycles. The highest BCUT2D eigenvalue weighted by Gasteiger charge is 2.30. The van der Waals surface area contributed by atoms with E-state index in [9.17, 15) is 0 Å². The minimum Gasteiger partial charge on any atom is -0.466 e.